The molecule has 1 aromatic carbocycles. The van der Waals surface area contributed by atoms with Crippen LogP contribution < -0.4 is 0 Å². The van der Waals surface area contributed by atoms with Crippen LogP contribution >= 0.6 is 0 Å². The lowest BCUT2D eigenvalue weighted by molar-refractivity contribution is 0.294. The van der Waals surface area contributed by atoms with Crippen molar-refractivity contribution in [2.45, 2.75) is 45.4 Å². The highest BCUT2D eigenvalue weighted by Crippen LogP contribution is 2.47. The standard InChI is InChI=1S/C16H20/c1-5-13-8-7-9-15-14(13)10-11-16(15,6-2)12(3)4/h1,7-9,12H,6,10-11H2,2-4H3. The summed E-state index contributed by atoms with van der Waals surface area (Å²) >= 11 is 0. The largest absolute Gasteiger partial charge is 0.115 e. The first kappa shape index (κ1) is 11.3. The number of terminal acetylenes is 1. The lowest BCUT2D eigenvalue weighted by Crippen LogP contribution is -2.28. The quantitative estimate of drug-likeness (QED) is 0.652. The van der Waals surface area contributed by atoms with E-state index in [2.05, 4.69) is 44.9 Å². The summed E-state index contributed by atoms with van der Waals surface area (Å²) in [5, 5.41) is 0. The fraction of sp³-hybridized carbons (Fsp3) is 0.500. The summed E-state index contributed by atoms with van der Waals surface area (Å²) in [4.78, 5) is 0. The lowest BCUT2D eigenvalue weighted by atomic mass is 9.70. The summed E-state index contributed by atoms with van der Waals surface area (Å²) in [6.07, 6.45) is 9.21. The van der Waals surface area contributed by atoms with E-state index in [9.17, 15) is 0 Å². The van der Waals surface area contributed by atoms with E-state index >= 15 is 0 Å². The minimum Gasteiger partial charge on any atom is -0.115 e. The maximum atomic E-state index is 5.58. The Morgan fingerprint density at radius 1 is 1.44 bits per heavy atom. The molecule has 1 aliphatic carbocycles. The third-order valence-corrected chi connectivity index (χ3v) is 4.43. The highest BCUT2D eigenvalue weighted by Gasteiger charge is 2.40. The van der Waals surface area contributed by atoms with E-state index in [1.54, 1.807) is 0 Å². The molecule has 84 valence electrons. The molecular formula is C16H20. The van der Waals surface area contributed by atoms with Gasteiger partial charge in [-0.3, -0.25) is 0 Å². The molecule has 0 nitrogen and oxygen atoms in total. The molecule has 0 aromatic heterocycles. The van der Waals surface area contributed by atoms with Gasteiger partial charge in [0.2, 0.25) is 0 Å². The van der Waals surface area contributed by atoms with Crippen LogP contribution in [0.5, 0.6) is 0 Å². The maximum absolute atomic E-state index is 5.58. The molecule has 16 heavy (non-hydrogen) atoms. The number of fused-ring (bicyclic) bond motifs is 1. The van der Waals surface area contributed by atoms with Gasteiger partial charge in [0.05, 0.1) is 0 Å². The number of hydrogen-bond acceptors (Lipinski definition) is 0. The summed E-state index contributed by atoms with van der Waals surface area (Å²) in [5.74, 6) is 3.51. The molecular weight excluding hydrogens is 192 g/mol. The van der Waals surface area contributed by atoms with E-state index in [1.165, 1.54) is 24.0 Å². The van der Waals surface area contributed by atoms with Gasteiger partial charge in [0.1, 0.15) is 0 Å². The van der Waals surface area contributed by atoms with Gasteiger partial charge in [-0.05, 0) is 47.8 Å². The summed E-state index contributed by atoms with van der Waals surface area (Å²) in [6.45, 7) is 6.97. The van der Waals surface area contributed by atoms with E-state index in [4.69, 9.17) is 6.42 Å². The topological polar surface area (TPSA) is 0 Å². The fourth-order valence-corrected chi connectivity index (χ4v) is 3.32. The molecule has 0 fully saturated rings. The molecule has 0 radical (unpaired) electrons. The zero-order valence-electron chi connectivity index (χ0n) is 10.5. The van der Waals surface area contributed by atoms with Crippen molar-refractivity contribution in [2.24, 2.45) is 5.92 Å². The molecule has 0 bridgehead atoms. The molecule has 1 aliphatic rings. The molecule has 0 heteroatoms. The lowest BCUT2D eigenvalue weighted by Gasteiger charge is -2.33. The Bertz CT molecular complexity index is 434. The second kappa shape index (κ2) is 3.98. The van der Waals surface area contributed by atoms with E-state index in [1.807, 2.05) is 0 Å². The maximum Gasteiger partial charge on any atom is 0.0277 e. The van der Waals surface area contributed by atoms with Gasteiger partial charge in [0.25, 0.3) is 0 Å². The first-order chi connectivity index (χ1) is 7.65. The van der Waals surface area contributed by atoms with Crippen molar-refractivity contribution in [3.63, 3.8) is 0 Å². The fourth-order valence-electron chi connectivity index (χ4n) is 3.32. The monoisotopic (exact) mass is 212 g/mol. The summed E-state index contributed by atoms with van der Waals surface area (Å²) in [5.41, 5.74) is 4.41. The third-order valence-electron chi connectivity index (χ3n) is 4.43. The Morgan fingerprint density at radius 3 is 2.75 bits per heavy atom. The Kier molecular flexibility index (Phi) is 2.80. The Balaban J connectivity index is 2.60. The molecule has 1 atom stereocenters. The predicted molar refractivity (Wildman–Crippen MR) is 69.5 cm³/mol. The van der Waals surface area contributed by atoms with Crippen LogP contribution in [-0.2, 0) is 11.8 Å². The number of benzene rings is 1. The van der Waals surface area contributed by atoms with Crippen LogP contribution in [-0.4, -0.2) is 0 Å². The first-order valence-corrected chi connectivity index (χ1v) is 6.24. The van der Waals surface area contributed by atoms with Crippen molar-refractivity contribution in [1.82, 2.24) is 0 Å². The van der Waals surface area contributed by atoms with Crippen LogP contribution in [0.2, 0.25) is 0 Å². The zero-order valence-corrected chi connectivity index (χ0v) is 10.5. The van der Waals surface area contributed by atoms with Crippen molar-refractivity contribution in [1.29, 1.82) is 0 Å². The van der Waals surface area contributed by atoms with Gasteiger partial charge in [-0.1, -0.05) is 38.8 Å². The van der Waals surface area contributed by atoms with Crippen LogP contribution in [0, 0.1) is 18.3 Å². The molecule has 0 saturated carbocycles. The third kappa shape index (κ3) is 1.39. The van der Waals surface area contributed by atoms with E-state index < -0.39 is 0 Å². The SMILES string of the molecule is C#Cc1cccc2c1CCC2(CC)C(C)C. The van der Waals surface area contributed by atoms with Crippen molar-refractivity contribution >= 4 is 0 Å². The second-order valence-electron chi connectivity index (χ2n) is 5.14. The zero-order chi connectivity index (χ0) is 11.8. The van der Waals surface area contributed by atoms with Gasteiger partial charge in [0.15, 0.2) is 0 Å². The smallest absolute Gasteiger partial charge is 0.0277 e. The predicted octanol–water partition coefficient (Wildman–Crippen LogP) is 3.92. The van der Waals surface area contributed by atoms with Crippen LogP contribution in [0.15, 0.2) is 18.2 Å². The molecule has 0 heterocycles. The van der Waals surface area contributed by atoms with E-state index in [-0.39, 0.29) is 0 Å². The minimum atomic E-state index is 0.363. The molecule has 0 aliphatic heterocycles. The molecule has 1 unspecified atom stereocenters. The van der Waals surface area contributed by atoms with Crippen LogP contribution in [0.3, 0.4) is 0 Å². The normalized spacial score (nSPS) is 23.2. The summed E-state index contributed by atoms with van der Waals surface area (Å²) < 4.78 is 0. The molecule has 1 aromatic rings. The van der Waals surface area contributed by atoms with Gasteiger partial charge in [-0.15, -0.1) is 6.42 Å². The Morgan fingerprint density at radius 2 is 2.19 bits per heavy atom. The van der Waals surface area contributed by atoms with Crippen LogP contribution in [0.1, 0.15) is 50.3 Å². The highest BCUT2D eigenvalue weighted by molar-refractivity contribution is 5.50. The van der Waals surface area contributed by atoms with Gasteiger partial charge in [-0.2, -0.15) is 0 Å². The van der Waals surface area contributed by atoms with Crippen molar-refractivity contribution in [3.05, 3.63) is 34.9 Å². The van der Waals surface area contributed by atoms with E-state index in [0.717, 1.165) is 12.0 Å². The number of hydrogen-bond donors (Lipinski definition) is 0. The van der Waals surface area contributed by atoms with Gasteiger partial charge >= 0.3 is 0 Å². The second-order valence-corrected chi connectivity index (χ2v) is 5.14. The van der Waals surface area contributed by atoms with Crippen LogP contribution in [0.4, 0.5) is 0 Å². The van der Waals surface area contributed by atoms with Crippen molar-refractivity contribution < 1.29 is 0 Å². The average Bonchev–Trinajstić information content (AvgIpc) is 2.68. The number of rotatable bonds is 2. The molecule has 0 amide bonds. The minimum absolute atomic E-state index is 0.363. The molecule has 2 rings (SSSR count). The molecule has 0 saturated heterocycles. The molecule has 0 N–H and O–H groups in total. The first-order valence-electron chi connectivity index (χ1n) is 6.24. The van der Waals surface area contributed by atoms with Gasteiger partial charge < -0.3 is 0 Å². The van der Waals surface area contributed by atoms with Crippen molar-refractivity contribution in [2.75, 3.05) is 0 Å². The van der Waals surface area contributed by atoms with E-state index in [0.29, 0.717) is 11.3 Å². The van der Waals surface area contributed by atoms with Crippen molar-refractivity contribution in [3.8, 4) is 12.3 Å². The van der Waals surface area contributed by atoms with Gasteiger partial charge in [0, 0.05) is 5.56 Å². The highest BCUT2D eigenvalue weighted by atomic mass is 14.4. The molecule has 0 spiro atoms. The van der Waals surface area contributed by atoms with Gasteiger partial charge in [-0.25, -0.2) is 0 Å². The summed E-state index contributed by atoms with van der Waals surface area (Å²) in [7, 11) is 0. The Labute approximate surface area is 99.1 Å². The average molecular weight is 212 g/mol. The Hall–Kier alpha value is -1.22. The van der Waals surface area contributed by atoms with Crippen LogP contribution in [0.25, 0.3) is 0 Å². The summed E-state index contributed by atoms with van der Waals surface area (Å²) in [6, 6.07) is 6.48.